The molecule has 0 aliphatic rings. The van der Waals surface area contributed by atoms with Crippen molar-refractivity contribution in [2.45, 2.75) is 44.9 Å². The maximum atomic E-state index is 4.17. The molecule has 0 aromatic heterocycles. The molecule has 72 valence electrons. The minimum absolute atomic E-state index is 1.04. The minimum Gasteiger partial charge on any atom is -0.179 e. The summed E-state index contributed by atoms with van der Waals surface area (Å²) in [4.78, 5) is 0. The molecule has 0 aliphatic heterocycles. The number of unbranched alkanes of at least 4 members (excludes halogenated alkanes) is 6. The van der Waals surface area contributed by atoms with E-state index in [-0.39, 0.29) is 0 Å². The Kier molecular flexibility index (Phi) is 11.9. The monoisotopic (exact) mass is 204 g/mol. The van der Waals surface area contributed by atoms with Crippen LogP contribution in [0.2, 0.25) is 0 Å². The van der Waals surface area contributed by atoms with Gasteiger partial charge >= 0.3 is 0 Å². The average Bonchev–Trinajstić information content (AvgIpc) is 2.10. The van der Waals surface area contributed by atoms with E-state index in [9.17, 15) is 0 Å². The molecule has 0 bridgehead atoms. The second-order valence-electron chi connectivity index (χ2n) is 3.02. The zero-order valence-electron chi connectivity index (χ0n) is 7.71. The van der Waals surface area contributed by atoms with Gasteiger partial charge in [0.1, 0.15) is 0 Å². The summed E-state index contributed by atoms with van der Waals surface area (Å²) >= 11 is 8.18. The highest BCUT2D eigenvalue weighted by Gasteiger charge is 1.88. The van der Waals surface area contributed by atoms with Gasteiger partial charge in [0.05, 0.1) is 0 Å². The zero-order chi connectivity index (χ0) is 9.07. The molecule has 0 aliphatic carbocycles. The van der Waals surface area contributed by atoms with Crippen molar-refractivity contribution in [3.63, 3.8) is 0 Å². The van der Waals surface area contributed by atoms with Gasteiger partial charge < -0.3 is 0 Å². The van der Waals surface area contributed by atoms with Crippen LogP contribution in [0.5, 0.6) is 0 Å². The summed E-state index contributed by atoms with van der Waals surface area (Å²) < 4.78 is 0. The molecule has 0 spiro atoms. The van der Waals surface area contributed by atoms with Crippen LogP contribution in [0.3, 0.4) is 0 Å². The molecule has 0 rings (SSSR count). The second-order valence-corrected chi connectivity index (χ2v) is 3.76. The molecule has 0 radical (unpaired) electrons. The quantitative estimate of drug-likeness (QED) is 0.432. The fraction of sp³-hybridized carbons (Fsp3) is 0.800. The molecule has 2 heteroatoms. The van der Waals surface area contributed by atoms with Crippen LogP contribution in [-0.4, -0.2) is 5.75 Å². The maximum absolute atomic E-state index is 4.17. The molecule has 0 saturated carbocycles. The van der Waals surface area contributed by atoms with Crippen LogP contribution in [0, 0.1) is 0 Å². The van der Waals surface area contributed by atoms with E-state index in [1.165, 1.54) is 44.9 Å². The molecule has 0 nitrogen and oxygen atoms in total. The molecule has 0 heterocycles. The van der Waals surface area contributed by atoms with E-state index in [4.69, 9.17) is 0 Å². The van der Waals surface area contributed by atoms with Gasteiger partial charge in [0.2, 0.25) is 0 Å². The molecule has 0 aromatic carbocycles. The molecule has 0 amide bonds. The smallest absolute Gasteiger partial charge is 0.00979 e. The summed E-state index contributed by atoms with van der Waals surface area (Å²) in [5.41, 5.74) is 0. The Morgan fingerprint density at radius 2 is 1.42 bits per heavy atom. The van der Waals surface area contributed by atoms with Crippen LogP contribution in [0.1, 0.15) is 44.9 Å². The Bertz CT molecular complexity index is 100. The third-order valence-corrected chi connectivity index (χ3v) is 2.41. The van der Waals surface area contributed by atoms with Gasteiger partial charge in [-0.1, -0.05) is 31.8 Å². The van der Waals surface area contributed by atoms with E-state index < -0.39 is 0 Å². The van der Waals surface area contributed by atoms with Crippen molar-refractivity contribution in [3.8, 4) is 0 Å². The lowest BCUT2D eigenvalue weighted by molar-refractivity contribution is 0.613. The number of thiol groups is 2. The Labute approximate surface area is 87.6 Å². The lowest BCUT2D eigenvalue weighted by Gasteiger charge is -1.98. The van der Waals surface area contributed by atoms with Gasteiger partial charge in [0, 0.05) is 0 Å². The van der Waals surface area contributed by atoms with E-state index in [1.54, 1.807) is 0 Å². The fourth-order valence-corrected chi connectivity index (χ4v) is 1.53. The molecular weight excluding hydrogens is 184 g/mol. The van der Waals surface area contributed by atoms with Crippen LogP contribution < -0.4 is 0 Å². The standard InChI is InChI=1S/C10H20S2/c11-9-7-5-3-1-2-4-6-8-10-12/h7,9,11-12H,1-6,8,10H2. The van der Waals surface area contributed by atoms with Gasteiger partial charge in [0.25, 0.3) is 0 Å². The number of hydrogen-bond donors (Lipinski definition) is 2. The van der Waals surface area contributed by atoms with Gasteiger partial charge in [0.15, 0.2) is 0 Å². The van der Waals surface area contributed by atoms with Gasteiger partial charge in [-0.15, -0.1) is 0 Å². The molecule has 0 unspecified atom stereocenters. The Hall–Kier alpha value is 0.440. The van der Waals surface area contributed by atoms with E-state index in [0.717, 1.165) is 5.75 Å². The van der Waals surface area contributed by atoms with Crippen molar-refractivity contribution in [2.24, 2.45) is 0 Å². The predicted molar refractivity (Wildman–Crippen MR) is 64.3 cm³/mol. The van der Waals surface area contributed by atoms with Crippen LogP contribution in [0.15, 0.2) is 11.5 Å². The Balaban J connectivity index is 2.81. The average molecular weight is 204 g/mol. The topological polar surface area (TPSA) is 0 Å². The van der Waals surface area contributed by atoms with E-state index in [1.807, 2.05) is 5.41 Å². The van der Waals surface area contributed by atoms with E-state index in [0.29, 0.717) is 0 Å². The van der Waals surface area contributed by atoms with Crippen LogP contribution >= 0.6 is 25.3 Å². The first-order chi connectivity index (χ1) is 5.91. The lowest BCUT2D eigenvalue weighted by atomic mass is 10.1. The number of allylic oxidation sites excluding steroid dienone is 1. The zero-order valence-corrected chi connectivity index (χ0v) is 9.49. The Morgan fingerprint density at radius 1 is 0.833 bits per heavy atom. The van der Waals surface area contributed by atoms with Crippen molar-refractivity contribution in [1.29, 1.82) is 0 Å². The van der Waals surface area contributed by atoms with Crippen molar-refractivity contribution in [2.75, 3.05) is 5.75 Å². The van der Waals surface area contributed by atoms with Crippen molar-refractivity contribution in [1.82, 2.24) is 0 Å². The maximum Gasteiger partial charge on any atom is -0.00979 e. The first kappa shape index (κ1) is 12.4. The number of rotatable bonds is 8. The van der Waals surface area contributed by atoms with Crippen LogP contribution in [-0.2, 0) is 0 Å². The summed E-state index contributed by atoms with van der Waals surface area (Å²) in [5, 5.41) is 1.83. The fourth-order valence-electron chi connectivity index (χ4n) is 1.16. The first-order valence-electron chi connectivity index (χ1n) is 4.82. The number of hydrogen-bond acceptors (Lipinski definition) is 2. The third-order valence-electron chi connectivity index (χ3n) is 1.88. The normalized spacial score (nSPS) is 11.2. The Morgan fingerprint density at radius 3 is 2.00 bits per heavy atom. The van der Waals surface area contributed by atoms with Gasteiger partial charge in [-0.25, -0.2) is 0 Å². The lowest BCUT2D eigenvalue weighted by Crippen LogP contribution is -1.80. The first-order valence-corrected chi connectivity index (χ1v) is 5.96. The van der Waals surface area contributed by atoms with E-state index in [2.05, 4.69) is 31.3 Å². The summed E-state index contributed by atoms with van der Waals surface area (Å²) in [7, 11) is 0. The molecule has 12 heavy (non-hydrogen) atoms. The SMILES string of the molecule is SC=CCCCCCCCCS. The molecule has 0 saturated heterocycles. The minimum atomic E-state index is 1.04. The molecular formula is C10H20S2. The second kappa shape index (κ2) is 11.4. The summed E-state index contributed by atoms with van der Waals surface area (Å²) in [6.07, 6.45) is 11.4. The highest BCUT2D eigenvalue weighted by Crippen LogP contribution is 2.07. The van der Waals surface area contributed by atoms with Crippen molar-refractivity contribution in [3.05, 3.63) is 11.5 Å². The third kappa shape index (κ3) is 10.4. The highest BCUT2D eigenvalue weighted by atomic mass is 32.1. The van der Waals surface area contributed by atoms with Crippen molar-refractivity contribution < 1.29 is 0 Å². The van der Waals surface area contributed by atoms with Crippen LogP contribution in [0.25, 0.3) is 0 Å². The summed E-state index contributed by atoms with van der Waals surface area (Å²) in [6.45, 7) is 0. The molecule has 0 atom stereocenters. The highest BCUT2D eigenvalue weighted by molar-refractivity contribution is 7.83. The van der Waals surface area contributed by atoms with E-state index >= 15 is 0 Å². The predicted octanol–water partition coefficient (Wildman–Crippen LogP) is 4.09. The van der Waals surface area contributed by atoms with Crippen LogP contribution in [0.4, 0.5) is 0 Å². The molecule has 0 N–H and O–H groups in total. The van der Waals surface area contributed by atoms with Crippen molar-refractivity contribution >= 4 is 25.3 Å². The van der Waals surface area contributed by atoms with Gasteiger partial charge in [-0.2, -0.15) is 25.3 Å². The summed E-state index contributed by atoms with van der Waals surface area (Å²) in [5.74, 6) is 1.04. The van der Waals surface area contributed by atoms with Gasteiger partial charge in [-0.3, -0.25) is 0 Å². The molecule has 0 fully saturated rings. The molecule has 0 aromatic rings. The largest absolute Gasteiger partial charge is 0.179 e. The van der Waals surface area contributed by atoms with Gasteiger partial charge in [-0.05, 0) is 30.4 Å². The summed E-state index contributed by atoms with van der Waals surface area (Å²) in [6, 6.07) is 0.